The van der Waals surface area contributed by atoms with Crippen molar-refractivity contribution in [3.8, 4) is 0 Å². The van der Waals surface area contributed by atoms with Crippen LogP contribution in [-0.2, 0) is 0 Å². The smallest absolute Gasteiger partial charge is 0.0309 e. The Kier molecular flexibility index (Phi) is 4.35. The Bertz CT molecular complexity index is 354. The van der Waals surface area contributed by atoms with Gasteiger partial charge in [-0.15, -0.1) is 0 Å². The Morgan fingerprint density at radius 3 is 2.53 bits per heavy atom. The number of nitrogens with zero attached hydrogens (tertiary/aromatic N) is 1. The first-order valence-corrected chi connectivity index (χ1v) is 7.95. The summed E-state index contributed by atoms with van der Waals surface area (Å²) >= 11 is 5.87. The van der Waals surface area contributed by atoms with Crippen LogP contribution < -0.4 is 5.32 Å². The average molecular weight is 285 g/mol. The van der Waals surface area contributed by atoms with Crippen LogP contribution in [0.5, 0.6) is 0 Å². The van der Waals surface area contributed by atoms with E-state index in [4.69, 9.17) is 11.6 Å². The molecule has 2 fully saturated rings. The summed E-state index contributed by atoms with van der Waals surface area (Å²) in [7, 11) is 0. The van der Waals surface area contributed by atoms with Crippen molar-refractivity contribution >= 4 is 11.6 Å². The minimum Gasteiger partial charge on any atom is -0.308 e. The molecule has 0 bridgehead atoms. The Labute approximate surface area is 123 Å². The predicted molar refractivity (Wildman–Crippen MR) is 83.6 cm³/mol. The van der Waals surface area contributed by atoms with Gasteiger partial charge in [0.1, 0.15) is 0 Å². The lowest BCUT2D eigenvalue weighted by Gasteiger charge is -2.51. The summed E-state index contributed by atoms with van der Waals surface area (Å²) in [6, 6.07) is 0.575. The maximum atomic E-state index is 5.87. The highest BCUT2D eigenvalue weighted by molar-refractivity contribution is 6.25. The van der Waals surface area contributed by atoms with Crippen LogP contribution in [0.1, 0.15) is 47.5 Å². The molecule has 1 saturated carbocycles. The second-order valence-corrected chi connectivity index (χ2v) is 8.03. The molecule has 0 aromatic rings. The number of nitrogens with one attached hydrogen (secondary N) is 1. The number of hydrogen-bond acceptors (Lipinski definition) is 2. The maximum Gasteiger partial charge on any atom is 0.0309 e. The average Bonchev–Trinajstić information content (AvgIpc) is 3.11. The predicted octanol–water partition coefficient (Wildman–Crippen LogP) is 3.62. The van der Waals surface area contributed by atoms with Crippen molar-refractivity contribution in [3.63, 3.8) is 0 Å². The molecule has 2 unspecified atom stereocenters. The molecule has 3 heteroatoms. The van der Waals surface area contributed by atoms with Gasteiger partial charge in [-0.3, -0.25) is 4.90 Å². The Morgan fingerprint density at radius 1 is 1.42 bits per heavy atom. The van der Waals surface area contributed by atoms with E-state index < -0.39 is 0 Å². The van der Waals surface area contributed by atoms with E-state index in [9.17, 15) is 0 Å². The van der Waals surface area contributed by atoms with Gasteiger partial charge in [0, 0.05) is 36.8 Å². The molecule has 2 atom stereocenters. The second kappa shape index (κ2) is 5.38. The largest absolute Gasteiger partial charge is 0.308 e. The van der Waals surface area contributed by atoms with E-state index >= 15 is 0 Å². The van der Waals surface area contributed by atoms with Gasteiger partial charge in [0.2, 0.25) is 0 Å². The summed E-state index contributed by atoms with van der Waals surface area (Å²) in [5.41, 5.74) is 3.59. The Morgan fingerprint density at radius 2 is 2.05 bits per heavy atom. The molecule has 2 nitrogen and oxygen atoms in total. The van der Waals surface area contributed by atoms with Crippen molar-refractivity contribution in [2.45, 2.75) is 59.0 Å². The summed E-state index contributed by atoms with van der Waals surface area (Å²) in [5, 5.41) is 3.84. The molecule has 0 aromatic carbocycles. The van der Waals surface area contributed by atoms with Gasteiger partial charge in [-0.2, -0.15) is 0 Å². The highest BCUT2D eigenvalue weighted by Crippen LogP contribution is 2.42. The lowest BCUT2D eigenvalue weighted by atomic mass is 9.80. The third kappa shape index (κ3) is 3.53. The van der Waals surface area contributed by atoms with E-state index in [-0.39, 0.29) is 0 Å². The van der Waals surface area contributed by atoms with Gasteiger partial charge in [-0.05, 0) is 43.6 Å². The van der Waals surface area contributed by atoms with Crippen LogP contribution in [0.15, 0.2) is 11.1 Å². The van der Waals surface area contributed by atoms with Crippen molar-refractivity contribution in [1.29, 1.82) is 0 Å². The van der Waals surface area contributed by atoms with Crippen molar-refractivity contribution in [3.05, 3.63) is 11.1 Å². The summed E-state index contributed by atoms with van der Waals surface area (Å²) in [5.74, 6) is 0.871. The van der Waals surface area contributed by atoms with Gasteiger partial charge in [0.05, 0.1) is 0 Å². The summed E-state index contributed by atoms with van der Waals surface area (Å²) in [4.78, 5) is 2.64. The van der Waals surface area contributed by atoms with Gasteiger partial charge in [0.25, 0.3) is 0 Å². The zero-order chi connectivity index (χ0) is 14.3. The lowest BCUT2D eigenvalue weighted by molar-refractivity contribution is 0.0271. The summed E-state index contributed by atoms with van der Waals surface area (Å²) < 4.78 is 0. The zero-order valence-corrected chi connectivity index (χ0v) is 13.8. The minimum atomic E-state index is 0.296. The van der Waals surface area contributed by atoms with E-state index in [0.717, 1.165) is 25.6 Å². The van der Waals surface area contributed by atoms with Crippen LogP contribution in [0.2, 0.25) is 0 Å². The molecule has 1 heterocycles. The van der Waals surface area contributed by atoms with Crippen LogP contribution in [0.25, 0.3) is 0 Å². The summed E-state index contributed by atoms with van der Waals surface area (Å²) in [6.07, 6.45) is 2.78. The first-order valence-electron chi connectivity index (χ1n) is 7.51. The van der Waals surface area contributed by atoms with Crippen LogP contribution in [0, 0.1) is 11.3 Å². The van der Waals surface area contributed by atoms with Crippen LogP contribution in [-0.4, -0.2) is 36.1 Å². The number of rotatable bonds is 3. The van der Waals surface area contributed by atoms with Crippen molar-refractivity contribution < 1.29 is 0 Å². The molecule has 19 heavy (non-hydrogen) atoms. The molecule has 110 valence electrons. The third-order valence-corrected chi connectivity index (χ3v) is 5.16. The molecule has 1 aliphatic carbocycles. The molecular formula is C16H29ClN2. The van der Waals surface area contributed by atoms with E-state index in [2.05, 4.69) is 44.8 Å². The topological polar surface area (TPSA) is 15.3 Å². The van der Waals surface area contributed by atoms with Crippen molar-refractivity contribution in [1.82, 2.24) is 10.2 Å². The number of hydrogen-bond donors (Lipinski definition) is 1. The van der Waals surface area contributed by atoms with Crippen molar-refractivity contribution in [2.75, 3.05) is 19.6 Å². The fourth-order valence-electron chi connectivity index (χ4n) is 3.42. The van der Waals surface area contributed by atoms with Gasteiger partial charge < -0.3 is 5.32 Å². The Balaban J connectivity index is 2.13. The van der Waals surface area contributed by atoms with Crippen molar-refractivity contribution in [2.24, 2.45) is 11.3 Å². The maximum absolute atomic E-state index is 5.87. The molecule has 1 aliphatic heterocycles. The molecule has 1 saturated heterocycles. The molecule has 0 amide bonds. The summed E-state index contributed by atoms with van der Waals surface area (Å²) in [6.45, 7) is 14.8. The van der Waals surface area contributed by atoms with E-state index in [1.807, 2.05) is 0 Å². The van der Waals surface area contributed by atoms with E-state index in [1.54, 1.807) is 5.54 Å². The molecule has 2 rings (SSSR count). The van der Waals surface area contributed by atoms with Crippen LogP contribution in [0.3, 0.4) is 0 Å². The first-order chi connectivity index (χ1) is 8.76. The third-order valence-electron chi connectivity index (χ3n) is 4.79. The van der Waals surface area contributed by atoms with Gasteiger partial charge in [-0.25, -0.2) is 0 Å². The molecular weight excluding hydrogens is 256 g/mol. The molecule has 0 spiro atoms. The standard InChI is InChI=1S/C16H29ClN2/c1-12(8-17)10-19-11-16(5,13-6-7-13)18-9-14(19)15(2,3)4/h8,13-14,18H,6-7,9-11H2,1-5H3. The highest BCUT2D eigenvalue weighted by Gasteiger charge is 2.47. The molecule has 0 radical (unpaired) electrons. The first kappa shape index (κ1) is 15.3. The van der Waals surface area contributed by atoms with Gasteiger partial charge >= 0.3 is 0 Å². The fourth-order valence-corrected chi connectivity index (χ4v) is 3.48. The highest BCUT2D eigenvalue weighted by atomic mass is 35.5. The quantitative estimate of drug-likeness (QED) is 0.852. The van der Waals surface area contributed by atoms with E-state index in [0.29, 0.717) is 17.0 Å². The normalized spacial score (nSPS) is 34.6. The van der Waals surface area contributed by atoms with Crippen LogP contribution in [0.4, 0.5) is 0 Å². The fraction of sp³-hybridized carbons (Fsp3) is 0.875. The zero-order valence-electron chi connectivity index (χ0n) is 13.1. The van der Waals surface area contributed by atoms with Gasteiger partial charge in [0.15, 0.2) is 0 Å². The molecule has 1 N–H and O–H groups in total. The molecule has 0 aromatic heterocycles. The minimum absolute atomic E-state index is 0.296. The lowest BCUT2D eigenvalue weighted by Crippen LogP contribution is -2.66. The van der Waals surface area contributed by atoms with Crippen LogP contribution >= 0.6 is 11.6 Å². The SMILES string of the molecule is CC(=CCl)CN1CC(C)(C2CC2)NCC1C(C)(C)C. The number of piperazine rings is 1. The number of halogens is 1. The monoisotopic (exact) mass is 284 g/mol. The Hall–Kier alpha value is -0.0500. The van der Waals surface area contributed by atoms with Gasteiger partial charge in [-0.1, -0.05) is 32.4 Å². The molecule has 2 aliphatic rings. The van der Waals surface area contributed by atoms with E-state index in [1.165, 1.54) is 18.4 Å². The second-order valence-electron chi connectivity index (χ2n) is 7.81.